The fourth-order valence-corrected chi connectivity index (χ4v) is 2.74. The Labute approximate surface area is 120 Å². The van der Waals surface area contributed by atoms with Crippen LogP contribution in [0.15, 0.2) is 42.6 Å². The standard InChI is InChI=1S/C17H21N3/c1-2-9-18-11-14-8-5-10-19-17(14)20-12-15-6-3-4-7-16(15)13-20/h3-8,10,18H,2,9,11-13H2,1H3. The van der Waals surface area contributed by atoms with Gasteiger partial charge in [0.15, 0.2) is 0 Å². The van der Waals surface area contributed by atoms with E-state index in [1.54, 1.807) is 0 Å². The smallest absolute Gasteiger partial charge is 0.133 e. The monoisotopic (exact) mass is 267 g/mol. The summed E-state index contributed by atoms with van der Waals surface area (Å²) in [5, 5.41) is 3.47. The summed E-state index contributed by atoms with van der Waals surface area (Å²) in [5.74, 6) is 1.12. The molecular formula is C17H21N3. The van der Waals surface area contributed by atoms with E-state index < -0.39 is 0 Å². The number of hydrogen-bond acceptors (Lipinski definition) is 3. The van der Waals surface area contributed by atoms with E-state index in [0.29, 0.717) is 0 Å². The highest BCUT2D eigenvalue weighted by Crippen LogP contribution is 2.28. The Hall–Kier alpha value is -1.87. The zero-order chi connectivity index (χ0) is 13.8. The van der Waals surface area contributed by atoms with Gasteiger partial charge >= 0.3 is 0 Å². The summed E-state index contributed by atoms with van der Waals surface area (Å²) < 4.78 is 0. The molecule has 1 aliphatic rings. The molecular weight excluding hydrogens is 246 g/mol. The van der Waals surface area contributed by atoms with Crippen molar-refractivity contribution in [2.24, 2.45) is 0 Å². The molecule has 3 nitrogen and oxygen atoms in total. The van der Waals surface area contributed by atoms with Crippen LogP contribution >= 0.6 is 0 Å². The number of fused-ring (bicyclic) bond motifs is 1. The van der Waals surface area contributed by atoms with Crippen LogP contribution in [-0.4, -0.2) is 11.5 Å². The van der Waals surface area contributed by atoms with Crippen LogP contribution in [0.25, 0.3) is 0 Å². The molecule has 1 aromatic carbocycles. The van der Waals surface area contributed by atoms with E-state index >= 15 is 0 Å². The Morgan fingerprint density at radius 2 is 1.85 bits per heavy atom. The lowest BCUT2D eigenvalue weighted by Crippen LogP contribution is -2.21. The maximum Gasteiger partial charge on any atom is 0.133 e. The van der Waals surface area contributed by atoms with Gasteiger partial charge < -0.3 is 10.2 Å². The van der Waals surface area contributed by atoms with Crippen molar-refractivity contribution in [3.63, 3.8) is 0 Å². The van der Waals surface area contributed by atoms with Crippen molar-refractivity contribution in [1.82, 2.24) is 10.3 Å². The zero-order valence-electron chi connectivity index (χ0n) is 12.0. The minimum atomic E-state index is 0.893. The minimum Gasteiger partial charge on any atom is -0.348 e. The lowest BCUT2D eigenvalue weighted by Gasteiger charge is -2.20. The van der Waals surface area contributed by atoms with Crippen LogP contribution < -0.4 is 10.2 Å². The van der Waals surface area contributed by atoms with Crippen LogP contribution in [0.2, 0.25) is 0 Å². The van der Waals surface area contributed by atoms with Gasteiger partial charge in [0.05, 0.1) is 0 Å². The summed E-state index contributed by atoms with van der Waals surface area (Å²) in [5.41, 5.74) is 4.13. The Morgan fingerprint density at radius 3 is 2.55 bits per heavy atom. The van der Waals surface area contributed by atoms with Gasteiger partial charge in [0.1, 0.15) is 5.82 Å². The molecule has 1 aromatic heterocycles. The van der Waals surface area contributed by atoms with Crippen molar-refractivity contribution < 1.29 is 0 Å². The predicted molar refractivity (Wildman–Crippen MR) is 82.6 cm³/mol. The molecule has 0 atom stereocenters. The van der Waals surface area contributed by atoms with Crippen LogP contribution in [-0.2, 0) is 19.6 Å². The second-order valence-corrected chi connectivity index (χ2v) is 5.29. The number of nitrogens with zero attached hydrogens (tertiary/aromatic N) is 2. The van der Waals surface area contributed by atoms with E-state index in [0.717, 1.165) is 38.4 Å². The number of anilines is 1. The molecule has 0 radical (unpaired) electrons. The highest BCUT2D eigenvalue weighted by atomic mass is 15.2. The molecule has 1 aliphatic heterocycles. The molecule has 0 bridgehead atoms. The Balaban J connectivity index is 1.78. The maximum absolute atomic E-state index is 4.61. The Kier molecular flexibility index (Phi) is 3.97. The Morgan fingerprint density at radius 1 is 1.10 bits per heavy atom. The normalized spacial score (nSPS) is 13.6. The first kappa shape index (κ1) is 13.1. The number of nitrogens with one attached hydrogen (secondary N) is 1. The third kappa shape index (κ3) is 2.68. The third-order valence-corrected chi connectivity index (χ3v) is 3.75. The van der Waals surface area contributed by atoms with Gasteiger partial charge in [-0.3, -0.25) is 0 Å². The summed E-state index contributed by atoms with van der Waals surface area (Å²) >= 11 is 0. The average molecular weight is 267 g/mol. The number of hydrogen-bond donors (Lipinski definition) is 1. The first-order chi connectivity index (χ1) is 9.88. The quantitative estimate of drug-likeness (QED) is 0.844. The third-order valence-electron chi connectivity index (χ3n) is 3.75. The van der Waals surface area contributed by atoms with Crippen LogP contribution in [0.1, 0.15) is 30.0 Å². The molecule has 0 aliphatic carbocycles. The fourth-order valence-electron chi connectivity index (χ4n) is 2.74. The molecule has 20 heavy (non-hydrogen) atoms. The zero-order valence-corrected chi connectivity index (χ0v) is 12.0. The summed E-state index contributed by atoms with van der Waals surface area (Å²) in [7, 11) is 0. The maximum atomic E-state index is 4.61. The fraction of sp³-hybridized carbons (Fsp3) is 0.353. The van der Waals surface area contributed by atoms with E-state index in [9.17, 15) is 0 Å². The highest BCUT2D eigenvalue weighted by molar-refractivity contribution is 5.51. The number of aromatic nitrogens is 1. The molecule has 1 N–H and O–H groups in total. The minimum absolute atomic E-state index is 0.893. The van der Waals surface area contributed by atoms with Gasteiger partial charge in [-0.25, -0.2) is 4.98 Å². The molecule has 3 heteroatoms. The van der Waals surface area contributed by atoms with E-state index in [-0.39, 0.29) is 0 Å². The van der Waals surface area contributed by atoms with Gasteiger partial charge in [-0.15, -0.1) is 0 Å². The molecule has 0 amide bonds. The van der Waals surface area contributed by atoms with Crippen LogP contribution in [0.4, 0.5) is 5.82 Å². The first-order valence-electron chi connectivity index (χ1n) is 7.35. The van der Waals surface area contributed by atoms with E-state index in [4.69, 9.17) is 0 Å². The molecule has 104 valence electrons. The number of pyridine rings is 1. The molecule has 0 saturated carbocycles. The SMILES string of the molecule is CCCNCc1cccnc1N1Cc2ccccc2C1. The van der Waals surface area contributed by atoms with Crippen molar-refractivity contribution in [3.05, 3.63) is 59.3 Å². The number of rotatable bonds is 5. The van der Waals surface area contributed by atoms with Crippen LogP contribution in [0.5, 0.6) is 0 Å². The predicted octanol–water partition coefficient (Wildman–Crippen LogP) is 3.10. The largest absolute Gasteiger partial charge is 0.348 e. The van der Waals surface area contributed by atoms with Crippen molar-refractivity contribution in [2.75, 3.05) is 11.4 Å². The van der Waals surface area contributed by atoms with E-state index in [1.807, 2.05) is 12.3 Å². The van der Waals surface area contributed by atoms with Crippen molar-refractivity contribution in [2.45, 2.75) is 33.0 Å². The molecule has 0 saturated heterocycles. The summed E-state index contributed by atoms with van der Waals surface area (Å²) in [6, 6.07) is 12.9. The lowest BCUT2D eigenvalue weighted by atomic mass is 10.1. The van der Waals surface area contributed by atoms with Crippen molar-refractivity contribution in [1.29, 1.82) is 0 Å². The van der Waals surface area contributed by atoms with Crippen molar-refractivity contribution >= 4 is 5.82 Å². The molecule has 0 unspecified atom stereocenters. The average Bonchev–Trinajstić information content (AvgIpc) is 2.92. The van der Waals surface area contributed by atoms with Gasteiger partial charge in [0.25, 0.3) is 0 Å². The highest BCUT2D eigenvalue weighted by Gasteiger charge is 2.21. The summed E-state index contributed by atoms with van der Waals surface area (Å²) in [6.07, 6.45) is 3.05. The van der Waals surface area contributed by atoms with Gasteiger partial charge in [-0.1, -0.05) is 37.3 Å². The molecule has 0 spiro atoms. The molecule has 3 rings (SSSR count). The summed E-state index contributed by atoms with van der Waals surface area (Å²) in [4.78, 5) is 6.98. The van der Waals surface area contributed by atoms with Gasteiger partial charge in [0, 0.05) is 31.4 Å². The van der Waals surface area contributed by atoms with Crippen molar-refractivity contribution in [3.8, 4) is 0 Å². The molecule has 2 heterocycles. The Bertz CT molecular complexity index is 555. The second kappa shape index (κ2) is 6.06. The first-order valence-corrected chi connectivity index (χ1v) is 7.35. The van der Waals surface area contributed by atoms with Crippen LogP contribution in [0.3, 0.4) is 0 Å². The second-order valence-electron chi connectivity index (χ2n) is 5.29. The van der Waals surface area contributed by atoms with Gasteiger partial charge in [-0.2, -0.15) is 0 Å². The van der Waals surface area contributed by atoms with Crippen LogP contribution in [0, 0.1) is 0 Å². The number of benzene rings is 1. The van der Waals surface area contributed by atoms with Gasteiger partial charge in [-0.05, 0) is 30.2 Å². The van der Waals surface area contributed by atoms with E-state index in [1.165, 1.54) is 16.7 Å². The lowest BCUT2D eigenvalue weighted by molar-refractivity contribution is 0.670. The van der Waals surface area contributed by atoms with Gasteiger partial charge in [0.2, 0.25) is 0 Å². The summed E-state index contributed by atoms with van der Waals surface area (Å²) in [6.45, 7) is 6.06. The topological polar surface area (TPSA) is 28.2 Å². The van der Waals surface area contributed by atoms with E-state index in [2.05, 4.69) is 52.5 Å². The molecule has 0 fully saturated rings. The molecule has 2 aromatic rings.